The highest BCUT2D eigenvalue weighted by atomic mass is 32.1. The van der Waals surface area contributed by atoms with Gasteiger partial charge in [0, 0.05) is 17.8 Å². The van der Waals surface area contributed by atoms with E-state index in [1.165, 1.54) is 28.1 Å². The van der Waals surface area contributed by atoms with Gasteiger partial charge in [-0.25, -0.2) is 4.98 Å². The third kappa shape index (κ3) is 2.65. The van der Waals surface area contributed by atoms with Crippen molar-refractivity contribution in [1.82, 2.24) is 24.7 Å². The molecule has 1 atom stereocenters. The minimum absolute atomic E-state index is 0.220. The molecule has 1 unspecified atom stereocenters. The van der Waals surface area contributed by atoms with Gasteiger partial charge in [-0.15, -0.1) is 5.10 Å². The first kappa shape index (κ1) is 14.5. The summed E-state index contributed by atoms with van der Waals surface area (Å²) in [6.07, 6.45) is 1.47. The first-order valence-electron chi connectivity index (χ1n) is 7.21. The molecule has 0 bridgehead atoms. The Morgan fingerprint density at radius 1 is 1.25 bits per heavy atom. The number of aromatic nitrogens is 5. The molecule has 1 aromatic carbocycles. The first-order chi connectivity index (χ1) is 11.7. The summed E-state index contributed by atoms with van der Waals surface area (Å²) in [5, 5.41) is 11.9. The summed E-state index contributed by atoms with van der Waals surface area (Å²) >= 11 is 1.28. The molecule has 0 saturated carbocycles. The summed E-state index contributed by atoms with van der Waals surface area (Å²) in [7, 11) is 0. The van der Waals surface area contributed by atoms with Gasteiger partial charge in [-0.3, -0.25) is 4.79 Å². The van der Waals surface area contributed by atoms with Gasteiger partial charge in [0.1, 0.15) is 0 Å². The van der Waals surface area contributed by atoms with E-state index < -0.39 is 0 Å². The van der Waals surface area contributed by atoms with Crippen molar-refractivity contribution >= 4 is 21.4 Å². The van der Waals surface area contributed by atoms with Crippen LogP contribution in [0.2, 0.25) is 0 Å². The van der Waals surface area contributed by atoms with Gasteiger partial charge < -0.3 is 9.84 Å². The summed E-state index contributed by atoms with van der Waals surface area (Å²) < 4.78 is 6.56. The average molecular weight is 340 g/mol. The molecule has 0 aliphatic heterocycles. The molecule has 9 heteroatoms. The molecule has 8 nitrogen and oxygen atoms in total. The van der Waals surface area contributed by atoms with Crippen LogP contribution in [0.3, 0.4) is 0 Å². The standard InChI is InChI=1S/C15H12N6O2S/c1-9(12-18-13(23-20-12)10-5-3-2-4-6-10)17-14-19-21-11(22)7-8-16-15(21)24-14/h2-9H,1H3,(H,17,19). The third-order valence-corrected chi connectivity index (χ3v) is 4.21. The fourth-order valence-electron chi connectivity index (χ4n) is 2.16. The van der Waals surface area contributed by atoms with Gasteiger partial charge in [0.25, 0.3) is 11.4 Å². The molecular weight excluding hydrogens is 328 g/mol. The molecule has 0 fully saturated rings. The molecule has 4 aromatic rings. The van der Waals surface area contributed by atoms with Crippen molar-refractivity contribution in [3.63, 3.8) is 0 Å². The Hall–Kier alpha value is -3.07. The Labute approximate surface area is 139 Å². The Kier molecular flexibility index (Phi) is 3.54. The second kappa shape index (κ2) is 5.85. The van der Waals surface area contributed by atoms with E-state index >= 15 is 0 Å². The topological polar surface area (TPSA) is 98.2 Å². The van der Waals surface area contributed by atoms with Crippen molar-refractivity contribution in [3.8, 4) is 11.5 Å². The second-order valence-corrected chi connectivity index (χ2v) is 6.03. The molecule has 24 heavy (non-hydrogen) atoms. The molecule has 0 saturated heterocycles. The Morgan fingerprint density at radius 3 is 2.88 bits per heavy atom. The molecule has 0 spiro atoms. The van der Waals surface area contributed by atoms with Crippen LogP contribution in [0.1, 0.15) is 18.8 Å². The Morgan fingerprint density at radius 2 is 2.08 bits per heavy atom. The van der Waals surface area contributed by atoms with Crippen LogP contribution in [0.5, 0.6) is 0 Å². The van der Waals surface area contributed by atoms with Crippen molar-refractivity contribution in [2.75, 3.05) is 5.32 Å². The molecule has 0 aliphatic rings. The zero-order valence-electron chi connectivity index (χ0n) is 12.6. The van der Waals surface area contributed by atoms with Crippen LogP contribution in [0, 0.1) is 0 Å². The van der Waals surface area contributed by atoms with E-state index in [1.54, 1.807) is 0 Å². The maximum absolute atomic E-state index is 11.7. The van der Waals surface area contributed by atoms with Gasteiger partial charge in [-0.1, -0.05) is 34.7 Å². The summed E-state index contributed by atoms with van der Waals surface area (Å²) in [6, 6.07) is 10.7. The number of hydrogen-bond acceptors (Lipinski definition) is 8. The summed E-state index contributed by atoms with van der Waals surface area (Å²) in [5.74, 6) is 0.967. The SMILES string of the molecule is CC(Nc1nn2c(=O)ccnc2s1)c1noc(-c2ccccc2)n1. The van der Waals surface area contributed by atoms with Crippen molar-refractivity contribution in [2.24, 2.45) is 0 Å². The van der Waals surface area contributed by atoms with Crippen LogP contribution < -0.4 is 10.9 Å². The second-order valence-electron chi connectivity index (χ2n) is 5.07. The maximum atomic E-state index is 11.7. The molecule has 0 aliphatic carbocycles. The smallest absolute Gasteiger partial charge is 0.275 e. The quantitative estimate of drug-likeness (QED) is 0.609. The van der Waals surface area contributed by atoms with E-state index in [-0.39, 0.29) is 11.6 Å². The van der Waals surface area contributed by atoms with Crippen molar-refractivity contribution in [3.05, 3.63) is 58.8 Å². The van der Waals surface area contributed by atoms with Crippen molar-refractivity contribution < 1.29 is 4.52 Å². The van der Waals surface area contributed by atoms with E-state index in [0.717, 1.165) is 5.56 Å². The third-order valence-electron chi connectivity index (χ3n) is 3.36. The first-order valence-corrected chi connectivity index (χ1v) is 8.03. The van der Waals surface area contributed by atoms with Gasteiger partial charge in [-0.05, 0) is 19.1 Å². The van der Waals surface area contributed by atoms with Crippen molar-refractivity contribution in [1.29, 1.82) is 0 Å². The van der Waals surface area contributed by atoms with E-state index in [9.17, 15) is 4.79 Å². The highest BCUT2D eigenvalue weighted by molar-refractivity contribution is 7.20. The van der Waals surface area contributed by atoms with E-state index in [0.29, 0.717) is 21.8 Å². The van der Waals surface area contributed by atoms with Gasteiger partial charge in [0.2, 0.25) is 10.1 Å². The summed E-state index contributed by atoms with van der Waals surface area (Å²) in [6.45, 7) is 1.89. The summed E-state index contributed by atoms with van der Waals surface area (Å²) in [4.78, 5) is 20.7. The monoisotopic (exact) mass is 340 g/mol. The Balaban J connectivity index is 1.57. The zero-order valence-corrected chi connectivity index (χ0v) is 13.4. The molecule has 1 N–H and O–H groups in total. The number of nitrogens with zero attached hydrogens (tertiary/aromatic N) is 5. The van der Waals surface area contributed by atoms with Gasteiger partial charge in [-0.2, -0.15) is 9.50 Å². The number of benzene rings is 1. The molecule has 4 rings (SSSR count). The fourth-order valence-corrected chi connectivity index (χ4v) is 3.02. The normalized spacial score (nSPS) is 12.4. The van der Waals surface area contributed by atoms with E-state index in [4.69, 9.17) is 4.52 Å². The molecule has 0 radical (unpaired) electrons. The molecule has 0 amide bonds. The largest absolute Gasteiger partial charge is 0.350 e. The highest BCUT2D eigenvalue weighted by Gasteiger charge is 2.16. The lowest BCUT2D eigenvalue weighted by Crippen LogP contribution is -2.13. The minimum Gasteiger partial charge on any atom is -0.350 e. The fraction of sp³-hybridized carbons (Fsp3) is 0.133. The van der Waals surface area contributed by atoms with Crippen LogP contribution in [0.15, 0.2) is 51.9 Å². The lowest BCUT2D eigenvalue weighted by Gasteiger charge is -2.06. The number of rotatable bonds is 4. The van der Waals surface area contributed by atoms with E-state index in [1.807, 2.05) is 37.3 Å². The van der Waals surface area contributed by atoms with Crippen LogP contribution in [-0.2, 0) is 0 Å². The Bertz CT molecular complexity index is 1040. The number of anilines is 1. The molecule has 3 heterocycles. The molecular formula is C15H12N6O2S. The minimum atomic E-state index is -0.234. The maximum Gasteiger partial charge on any atom is 0.275 e. The lowest BCUT2D eigenvalue weighted by molar-refractivity contribution is 0.420. The predicted octanol–water partition coefficient (Wildman–Crippen LogP) is 2.37. The lowest BCUT2D eigenvalue weighted by atomic mass is 10.2. The highest BCUT2D eigenvalue weighted by Crippen LogP contribution is 2.23. The van der Waals surface area contributed by atoms with Crippen LogP contribution in [0.25, 0.3) is 16.4 Å². The van der Waals surface area contributed by atoms with Crippen LogP contribution in [0.4, 0.5) is 5.13 Å². The summed E-state index contributed by atoms with van der Waals surface area (Å²) in [5.41, 5.74) is 0.641. The van der Waals surface area contributed by atoms with Crippen LogP contribution >= 0.6 is 11.3 Å². The number of nitrogens with one attached hydrogen (secondary N) is 1. The van der Waals surface area contributed by atoms with Gasteiger partial charge in [0.15, 0.2) is 5.82 Å². The van der Waals surface area contributed by atoms with Gasteiger partial charge in [0.05, 0.1) is 6.04 Å². The van der Waals surface area contributed by atoms with Gasteiger partial charge >= 0.3 is 0 Å². The molecule has 120 valence electrons. The van der Waals surface area contributed by atoms with Crippen molar-refractivity contribution in [2.45, 2.75) is 13.0 Å². The average Bonchev–Trinajstić information content (AvgIpc) is 3.23. The zero-order chi connectivity index (χ0) is 16.5. The van der Waals surface area contributed by atoms with E-state index in [2.05, 4.69) is 25.5 Å². The number of fused-ring (bicyclic) bond motifs is 1. The number of hydrogen-bond donors (Lipinski definition) is 1. The van der Waals surface area contributed by atoms with Crippen LogP contribution in [-0.4, -0.2) is 24.7 Å². The molecule has 3 aromatic heterocycles. The predicted molar refractivity (Wildman–Crippen MR) is 88.9 cm³/mol.